The largest absolute Gasteiger partial charge is 0.468 e. The second kappa shape index (κ2) is 7.11. The standard InChI is InChI=1S/C17H27N3O2/c1-5-14(12-21)20(11-15-7-6-8-22-15)10-13-9-16(19-18-13)17(2,3)4/h6-9,14,21H,5,10-12H2,1-4H3,(H,18,19)/t14-/m0/s1. The quantitative estimate of drug-likeness (QED) is 0.825. The fourth-order valence-electron chi connectivity index (χ4n) is 2.47. The van der Waals surface area contributed by atoms with Gasteiger partial charge in [-0.25, -0.2) is 0 Å². The summed E-state index contributed by atoms with van der Waals surface area (Å²) in [5.74, 6) is 0.905. The maximum absolute atomic E-state index is 9.64. The van der Waals surface area contributed by atoms with Crippen LogP contribution in [-0.2, 0) is 18.5 Å². The van der Waals surface area contributed by atoms with Crippen LogP contribution in [0.5, 0.6) is 0 Å². The summed E-state index contributed by atoms with van der Waals surface area (Å²) >= 11 is 0. The van der Waals surface area contributed by atoms with Crippen LogP contribution in [-0.4, -0.2) is 32.9 Å². The lowest BCUT2D eigenvalue weighted by molar-refractivity contribution is 0.0987. The van der Waals surface area contributed by atoms with E-state index < -0.39 is 0 Å². The first-order valence-electron chi connectivity index (χ1n) is 7.86. The second-order valence-corrected chi connectivity index (χ2v) is 6.76. The van der Waals surface area contributed by atoms with Crippen molar-refractivity contribution in [3.8, 4) is 0 Å². The fourth-order valence-corrected chi connectivity index (χ4v) is 2.47. The zero-order chi connectivity index (χ0) is 16.2. The maximum Gasteiger partial charge on any atom is 0.117 e. The highest BCUT2D eigenvalue weighted by atomic mass is 16.3. The Morgan fingerprint density at radius 3 is 2.64 bits per heavy atom. The van der Waals surface area contributed by atoms with Crippen LogP contribution < -0.4 is 0 Å². The van der Waals surface area contributed by atoms with Crippen LogP contribution in [0.4, 0.5) is 0 Å². The van der Waals surface area contributed by atoms with Crippen LogP contribution in [0.1, 0.15) is 51.3 Å². The Morgan fingerprint density at radius 2 is 2.14 bits per heavy atom. The number of nitrogens with zero attached hydrogens (tertiary/aromatic N) is 2. The molecule has 22 heavy (non-hydrogen) atoms. The molecule has 0 spiro atoms. The Kier molecular flexibility index (Phi) is 5.42. The van der Waals surface area contributed by atoms with E-state index >= 15 is 0 Å². The smallest absolute Gasteiger partial charge is 0.117 e. The van der Waals surface area contributed by atoms with Gasteiger partial charge in [0.05, 0.1) is 25.1 Å². The molecule has 2 heterocycles. The molecule has 2 aromatic heterocycles. The van der Waals surface area contributed by atoms with Gasteiger partial charge in [-0.3, -0.25) is 10.00 Å². The predicted octanol–water partition coefficient (Wildman–Crippen LogP) is 3.07. The average Bonchev–Trinajstić information content (AvgIpc) is 3.10. The van der Waals surface area contributed by atoms with Gasteiger partial charge in [0.2, 0.25) is 0 Å². The van der Waals surface area contributed by atoms with Crippen LogP contribution in [0.2, 0.25) is 0 Å². The predicted molar refractivity (Wildman–Crippen MR) is 86.4 cm³/mol. The molecular weight excluding hydrogens is 278 g/mol. The Hall–Kier alpha value is -1.59. The van der Waals surface area contributed by atoms with Crippen LogP contribution >= 0.6 is 0 Å². The van der Waals surface area contributed by atoms with E-state index in [0.717, 1.165) is 23.6 Å². The normalized spacial score (nSPS) is 13.7. The molecule has 5 nitrogen and oxygen atoms in total. The first kappa shape index (κ1) is 16.8. The Bertz CT molecular complexity index is 551. The summed E-state index contributed by atoms with van der Waals surface area (Å²) in [6.07, 6.45) is 2.57. The lowest BCUT2D eigenvalue weighted by atomic mass is 9.92. The number of aromatic nitrogens is 2. The van der Waals surface area contributed by atoms with E-state index in [1.807, 2.05) is 12.1 Å². The Labute approximate surface area is 132 Å². The zero-order valence-corrected chi connectivity index (χ0v) is 14.0. The van der Waals surface area contributed by atoms with Crippen molar-refractivity contribution in [1.82, 2.24) is 15.1 Å². The van der Waals surface area contributed by atoms with E-state index in [1.165, 1.54) is 0 Å². The first-order valence-corrected chi connectivity index (χ1v) is 7.86. The number of furan rings is 1. The number of hydrogen-bond donors (Lipinski definition) is 2. The van der Waals surface area contributed by atoms with E-state index in [-0.39, 0.29) is 18.1 Å². The summed E-state index contributed by atoms with van der Waals surface area (Å²) < 4.78 is 5.45. The van der Waals surface area contributed by atoms with Crippen molar-refractivity contribution in [3.05, 3.63) is 41.6 Å². The summed E-state index contributed by atoms with van der Waals surface area (Å²) in [7, 11) is 0. The maximum atomic E-state index is 9.64. The Morgan fingerprint density at radius 1 is 1.36 bits per heavy atom. The van der Waals surface area contributed by atoms with Gasteiger partial charge < -0.3 is 9.52 Å². The molecule has 5 heteroatoms. The van der Waals surface area contributed by atoms with Crippen molar-refractivity contribution in [2.75, 3.05) is 6.61 Å². The minimum atomic E-state index is 0.0295. The molecule has 0 fully saturated rings. The van der Waals surface area contributed by atoms with Gasteiger partial charge in [-0.15, -0.1) is 0 Å². The topological polar surface area (TPSA) is 65.3 Å². The minimum Gasteiger partial charge on any atom is -0.468 e. The van der Waals surface area contributed by atoms with Crippen molar-refractivity contribution in [1.29, 1.82) is 0 Å². The highest BCUT2D eigenvalue weighted by Crippen LogP contribution is 2.22. The summed E-state index contributed by atoms with van der Waals surface area (Å²) in [4.78, 5) is 2.22. The van der Waals surface area contributed by atoms with Gasteiger partial charge in [0.15, 0.2) is 0 Å². The fraction of sp³-hybridized carbons (Fsp3) is 0.588. The lowest BCUT2D eigenvalue weighted by Crippen LogP contribution is -2.36. The zero-order valence-electron chi connectivity index (χ0n) is 14.0. The Balaban J connectivity index is 2.13. The van der Waals surface area contributed by atoms with Gasteiger partial charge in [0.25, 0.3) is 0 Å². The van der Waals surface area contributed by atoms with Gasteiger partial charge >= 0.3 is 0 Å². The summed E-state index contributed by atoms with van der Waals surface area (Å²) in [5, 5.41) is 17.2. The molecule has 0 bridgehead atoms. The highest BCUT2D eigenvalue weighted by Gasteiger charge is 2.21. The van der Waals surface area contributed by atoms with Crippen molar-refractivity contribution in [2.24, 2.45) is 0 Å². The van der Waals surface area contributed by atoms with Gasteiger partial charge in [-0.05, 0) is 24.6 Å². The monoisotopic (exact) mass is 305 g/mol. The highest BCUT2D eigenvalue weighted by molar-refractivity contribution is 5.16. The van der Waals surface area contributed by atoms with E-state index in [2.05, 4.69) is 48.9 Å². The molecule has 0 saturated heterocycles. The van der Waals surface area contributed by atoms with Gasteiger partial charge in [-0.1, -0.05) is 27.7 Å². The molecule has 0 aliphatic rings. The molecule has 0 unspecified atom stereocenters. The SMILES string of the molecule is CC[C@@H](CO)N(Cc1cc(C(C)(C)C)n[nH]1)Cc1ccco1. The van der Waals surface area contributed by atoms with E-state index in [4.69, 9.17) is 4.42 Å². The second-order valence-electron chi connectivity index (χ2n) is 6.76. The molecule has 2 N–H and O–H groups in total. The lowest BCUT2D eigenvalue weighted by Gasteiger charge is -2.28. The molecule has 0 aromatic carbocycles. The summed E-state index contributed by atoms with van der Waals surface area (Å²) in [6.45, 7) is 10.1. The number of rotatable bonds is 7. The van der Waals surface area contributed by atoms with Crippen molar-refractivity contribution >= 4 is 0 Å². The van der Waals surface area contributed by atoms with Crippen LogP contribution in [0.3, 0.4) is 0 Å². The summed E-state index contributed by atoms with van der Waals surface area (Å²) in [5.41, 5.74) is 2.14. The van der Waals surface area contributed by atoms with Crippen molar-refractivity contribution < 1.29 is 9.52 Å². The van der Waals surface area contributed by atoms with Crippen molar-refractivity contribution in [2.45, 2.75) is 58.7 Å². The average molecular weight is 305 g/mol. The van der Waals surface area contributed by atoms with Crippen LogP contribution in [0.15, 0.2) is 28.9 Å². The molecule has 0 radical (unpaired) electrons. The van der Waals surface area contributed by atoms with E-state index in [9.17, 15) is 5.11 Å². The van der Waals surface area contributed by atoms with Gasteiger partial charge in [-0.2, -0.15) is 5.10 Å². The molecular formula is C17H27N3O2. The molecule has 1 atom stereocenters. The van der Waals surface area contributed by atoms with E-state index in [1.54, 1.807) is 6.26 Å². The van der Waals surface area contributed by atoms with Crippen molar-refractivity contribution in [3.63, 3.8) is 0 Å². The number of aliphatic hydroxyl groups excluding tert-OH is 1. The first-order chi connectivity index (χ1) is 10.4. The molecule has 0 amide bonds. The third kappa shape index (κ3) is 4.21. The minimum absolute atomic E-state index is 0.0295. The molecule has 2 rings (SSSR count). The van der Waals surface area contributed by atoms with Crippen LogP contribution in [0, 0.1) is 0 Å². The third-order valence-corrected chi connectivity index (χ3v) is 3.91. The number of H-pyrrole nitrogens is 1. The number of nitrogens with one attached hydrogen (secondary N) is 1. The van der Waals surface area contributed by atoms with Crippen LogP contribution in [0.25, 0.3) is 0 Å². The van der Waals surface area contributed by atoms with Gasteiger partial charge in [0, 0.05) is 23.7 Å². The summed E-state index contributed by atoms with van der Waals surface area (Å²) in [6, 6.07) is 6.07. The molecule has 122 valence electrons. The molecule has 0 aliphatic heterocycles. The number of aromatic amines is 1. The number of hydrogen-bond acceptors (Lipinski definition) is 4. The van der Waals surface area contributed by atoms with E-state index in [0.29, 0.717) is 13.1 Å². The number of aliphatic hydroxyl groups is 1. The molecule has 0 aliphatic carbocycles. The third-order valence-electron chi connectivity index (χ3n) is 3.91. The van der Waals surface area contributed by atoms with Gasteiger partial charge in [0.1, 0.15) is 5.76 Å². The molecule has 0 saturated carbocycles. The molecule has 2 aromatic rings.